The first-order valence-corrected chi connectivity index (χ1v) is 8.39. The van der Waals surface area contributed by atoms with Gasteiger partial charge in [0.25, 0.3) is 0 Å². The molecule has 0 bridgehead atoms. The molecule has 2 N–H and O–H groups in total. The van der Waals surface area contributed by atoms with Gasteiger partial charge in [0.05, 0.1) is 13.2 Å². The molecule has 0 atom stereocenters. The van der Waals surface area contributed by atoms with E-state index < -0.39 is 0 Å². The summed E-state index contributed by atoms with van der Waals surface area (Å²) >= 11 is 0. The van der Waals surface area contributed by atoms with Crippen molar-refractivity contribution in [3.05, 3.63) is 11.8 Å². The maximum absolute atomic E-state index is 11.7. The second kappa shape index (κ2) is 9.27. The fourth-order valence-corrected chi connectivity index (χ4v) is 2.61. The summed E-state index contributed by atoms with van der Waals surface area (Å²) in [7, 11) is 1.67. The quantitative estimate of drug-likeness (QED) is 0.734. The minimum atomic E-state index is -0.229. The molecule has 1 saturated heterocycles. The lowest BCUT2D eigenvalue weighted by Gasteiger charge is -2.31. The molecule has 0 saturated carbocycles. The number of methoxy groups -OCH3 is 1. The van der Waals surface area contributed by atoms with Crippen molar-refractivity contribution in [2.24, 2.45) is 0 Å². The van der Waals surface area contributed by atoms with Gasteiger partial charge in [0.15, 0.2) is 0 Å². The summed E-state index contributed by atoms with van der Waals surface area (Å²) in [5.41, 5.74) is 0.899. The van der Waals surface area contributed by atoms with Crippen LogP contribution in [0.3, 0.4) is 0 Å². The molecule has 1 aromatic heterocycles. The lowest BCUT2D eigenvalue weighted by atomic mass is 10.1. The minimum Gasteiger partial charge on any atom is -0.450 e. The van der Waals surface area contributed by atoms with E-state index in [4.69, 9.17) is 9.47 Å². The van der Waals surface area contributed by atoms with Crippen molar-refractivity contribution < 1.29 is 14.3 Å². The highest BCUT2D eigenvalue weighted by molar-refractivity contribution is 5.67. The monoisotopic (exact) mass is 337 g/mol. The average Bonchev–Trinajstić information content (AvgIpc) is 2.55. The number of ether oxygens (including phenoxy) is 2. The first-order valence-electron chi connectivity index (χ1n) is 8.39. The van der Waals surface area contributed by atoms with E-state index >= 15 is 0 Å². The van der Waals surface area contributed by atoms with Crippen molar-refractivity contribution in [2.45, 2.75) is 32.7 Å². The lowest BCUT2D eigenvalue weighted by Crippen LogP contribution is -2.42. The van der Waals surface area contributed by atoms with E-state index in [0.717, 1.165) is 24.4 Å². The molecular weight excluding hydrogens is 310 g/mol. The highest BCUT2D eigenvalue weighted by Crippen LogP contribution is 2.17. The van der Waals surface area contributed by atoms with Gasteiger partial charge in [-0.05, 0) is 26.7 Å². The Morgan fingerprint density at radius 2 is 2.12 bits per heavy atom. The minimum absolute atomic E-state index is 0.229. The molecule has 24 heavy (non-hydrogen) atoms. The zero-order chi connectivity index (χ0) is 17.4. The fourth-order valence-electron chi connectivity index (χ4n) is 2.61. The number of nitrogens with zero attached hydrogens (tertiary/aromatic N) is 3. The van der Waals surface area contributed by atoms with Crippen molar-refractivity contribution in [1.82, 2.24) is 14.9 Å². The number of likely N-dealkylation sites (tertiary alicyclic amines) is 1. The largest absolute Gasteiger partial charge is 0.450 e. The highest BCUT2D eigenvalue weighted by Gasteiger charge is 2.24. The number of aryl methyl sites for hydroxylation is 1. The van der Waals surface area contributed by atoms with Gasteiger partial charge in [-0.3, -0.25) is 0 Å². The maximum Gasteiger partial charge on any atom is 0.409 e. The van der Waals surface area contributed by atoms with Crippen molar-refractivity contribution in [3.63, 3.8) is 0 Å². The molecule has 8 nitrogen and oxygen atoms in total. The molecule has 2 rings (SSSR count). The first kappa shape index (κ1) is 18.3. The number of amides is 1. The molecule has 0 aromatic carbocycles. The second-order valence-electron chi connectivity index (χ2n) is 5.74. The summed E-state index contributed by atoms with van der Waals surface area (Å²) in [6.07, 6.45) is 1.47. The summed E-state index contributed by atoms with van der Waals surface area (Å²) in [5.74, 6) is 1.40. The van der Waals surface area contributed by atoms with Crippen LogP contribution in [0.5, 0.6) is 0 Å². The summed E-state index contributed by atoms with van der Waals surface area (Å²) in [4.78, 5) is 22.4. The van der Waals surface area contributed by atoms with Gasteiger partial charge < -0.3 is 25.0 Å². The van der Waals surface area contributed by atoms with Gasteiger partial charge in [-0.2, -0.15) is 4.98 Å². The Morgan fingerprint density at radius 1 is 1.38 bits per heavy atom. The van der Waals surface area contributed by atoms with Crippen LogP contribution >= 0.6 is 0 Å². The van der Waals surface area contributed by atoms with Crippen LogP contribution in [-0.4, -0.2) is 67.0 Å². The molecule has 1 amide bonds. The van der Waals surface area contributed by atoms with Crippen molar-refractivity contribution in [1.29, 1.82) is 0 Å². The van der Waals surface area contributed by atoms with Crippen LogP contribution in [0.2, 0.25) is 0 Å². The van der Waals surface area contributed by atoms with E-state index in [1.807, 2.05) is 19.9 Å². The molecule has 0 unspecified atom stereocenters. The number of nitrogens with one attached hydrogen (secondary N) is 2. The van der Waals surface area contributed by atoms with E-state index in [9.17, 15) is 4.79 Å². The SMILES string of the molecule is CCOC(=O)N1CCC(Nc2nc(C)cc(NCCOC)n2)CC1. The number of anilines is 2. The number of aromatic nitrogens is 2. The average molecular weight is 337 g/mol. The number of hydrogen-bond acceptors (Lipinski definition) is 7. The van der Waals surface area contributed by atoms with Crippen molar-refractivity contribution >= 4 is 17.9 Å². The standard InChI is InChI=1S/C16H27N5O3/c1-4-24-16(22)21-8-5-13(6-9-21)19-15-18-12(2)11-14(20-15)17-7-10-23-3/h11,13H,4-10H2,1-3H3,(H2,17,18,19,20). The smallest absolute Gasteiger partial charge is 0.409 e. The Morgan fingerprint density at radius 3 is 2.79 bits per heavy atom. The Bertz CT molecular complexity index is 532. The first-order chi connectivity index (χ1) is 11.6. The van der Waals surface area contributed by atoms with Crippen LogP contribution in [0, 0.1) is 6.92 Å². The van der Waals surface area contributed by atoms with Gasteiger partial charge in [0.1, 0.15) is 5.82 Å². The summed E-state index contributed by atoms with van der Waals surface area (Å²) < 4.78 is 10.1. The normalized spacial score (nSPS) is 15.2. The van der Waals surface area contributed by atoms with Crippen LogP contribution in [0.4, 0.5) is 16.6 Å². The third-order valence-electron chi connectivity index (χ3n) is 3.82. The lowest BCUT2D eigenvalue weighted by molar-refractivity contribution is 0.0983. The predicted molar refractivity (Wildman–Crippen MR) is 92.4 cm³/mol. The maximum atomic E-state index is 11.7. The van der Waals surface area contributed by atoms with Gasteiger partial charge in [0, 0.05) is 44.5 Å². The predicted octanol–water partition coefficient (Wildman–Crippen LogP) is 1.88. The number of carbonyl (C=O) groups is 1. The highest BCUT2D eigenvalue weighted by atomic mass is 16.6. The Labute approximate surface area is 142 Å². The molecule has 1 fully saturated rings. The summed E-state index contributed by atoms with van der Waals surface area (Å²) in [6.45, 7) is 6.86. The third kappa shape index (κ3) is 5.52. The molecule has 1 aromatic rings. The van der Waals surface area contributed by atoms with E-state index in [2.05, 4.69) is 20.6 Å². The molecule has 134 valence electrons. The number of rotatable bonds is 7. The van der Waals surface area contributed by atoms with Crippen LogP contribution in [0.1, 0.15) is 25.5 Å². The molecular formula is C16H27N5O3. The van der Waals surface area contributed by atoms with Gasteiger partial charge >= 0.3 is 6.09 Å². The molecule has 0 spiro atoms. The fraction of sp³-hybridized carbons (Fsp3) is 0.688. The van der Waals surface area contributed by atoms with Crippen LogP contribution in [0.15, 0.2) is 6.07 Å². The Hall–Kier alpha value is -2.09. The second-order valence-corrected chi connectivity index (χ2v) is 5.74. The van der Waals surface area contributed by atoms with E-state index in [1.54, 1.807) is 12.0 Å². The molecule has 1 aliphatic rings. The van der Waals surface area contributed by atoms with E-state index in [-0.39, 0.29) is 12.1 Å². The molecule has 0 aliphatic carbocycles. The number of piperidine rings is 1. The third-order valence-corrected chi connectivity index (χ3v) is 3.82. The Kier molecular flexibility index (Phi) is 7.05. The topological polar surface area (TPSA) is 88.6 Å². The summed E-state index contributed by atoms with van der Waals surface area (Å²) in [5, 5.41) is 6.59. The molecule has 2 heterocycles. The van der Waals surface area contributed by atoms with Crippen LogP contribution in [0.25, 0.3) is 0 Å². The van der Waals surface area contributed by atoms with Gasteiger partial charge in [-0.25, -0.2) is 9.78 Å². The van der Waals surface area contributed by atoms with Crippen molar-refractivity contribution in [3.8, 4) is 0 Å². The summed E-state index contributed by atoms with van der Waals surface area (Å²) in [6, 6.07) is 2.16. The van der Waals surface area contributed by atoms with E-state index in [1.165, 1.54) is 0 Å². The van der Waals surface area contributed by atoms with Gasteiger partial charge in [0.2, 0.25) is 5.95 Å². The van der Waals surface area contributed by atoms with E-state index in [0.29, 0.717) is 38.8 Å². The van der Waals surface area contributed by atoms with Crippen LogP contribution in [-0.2, 0) is 9.47 Å². The molecule has 1 aliphatic heterocycles. The van der Waals surface area contributed by atoms with Gasteiger partial charge in [-0.1, -0.05) is 0 Å². The molecule has 0 radical (unpaired) electrons. The van der Waals surface area contributed by atoms with Crippen LogP contribution < -0.4 is 10.6 Å². The number of carbonyl (C=O) groups excluding carboxylic acids is 1. The van der Waals surface area contributed by atoms with Gasteiger partial charge in [-0.15, -0.1) is 0 Å². The van der Waals surface area contributed by atoms with Crippen molar-refractivity contribution in [2.75, 3.05) is 50.6 Å². The zero-order valence-corrected chi connectivity index (χ0v) is 14.7. The Balaban J connectivity index is 1.86. The number of hydrogen-bond donors (Lipinski definition) is 2. The molecule has 8 heteroatoms. The zero-order valence-electron chi connectivity index (χ0n) is 14.7.